The van der Waals surface area contributed by atoms with E-state index >= 15 is 0 Å². The average molecular weight is 283 g/mol. The second-order valence-electron chi connectivity index (χ2n) is 5.03. The van der Waals surface area contributed by atoms with Gasteiger partial charge in [0.2, 0.25) is 0 Å². The topological polar surface area (TPSA) is 36.4 Å². The molecule has 0 bridgehead atoms. The highest BCUT2D eigenvalue weighted by Gasteiger charge is 2.52. The summed E-state index contributed by atoms with van der Waals surface area (Å²) in [5.74, 6) is 1.55. The van der Waals surface area contributed by atoms with Crippen molar-refractivity contribution >= 4 is 21.7 Å². The van der Waals surface area contributed by atoms with E-state index < -0.39 is 5.60 Å². The Morgan fingerprint density at radius 2 is 2.19 bits per heavy atom. The van der Waals surface area contributed by atoms with Crippen LogP contribution in [0.4, 0.5) is 5.82 Å². The van der Waals surface area contributed by atoms with Gasteiger partial charge in [0, 0.05) is 10.7 Å². The highest BCUT2D eigenvalue weighted by Crippen LogP contribution is 2.45. The van der Waals surface area contributed by atoms with Gasteiger partial charge in [-0.05, 0) is 53.2 Å². The van der Waals surface area contributed by atoms with Gasteiger partial charge in [-0.25, -0.2) is 4.98 Å². The van der Waals surface area contributed by atoms with E-state index in [-0.39, 0.29) is 0 Å². The number of halogens is 1. The molecule has 1 saturated heterocycles. The maximum Gasteiger partial charge on any atom is 0.131 e. The summed E-state index contributed by atoms with van der Waals surface area (Å²) < 4.78 is 1.01. The van der Waals surface area contributed by atoms with E-state index in [1.54, 1.807) is 0 Å². The summed E-state index contributed by atoms with van der Waals surface area (Å²) in [6.07, 6.45) is 4.20. The van der Waals surface area contributed by atoms with Crippen LogP contribution in [-0.2, 0) is 0 Å². The van der Waals surface area contributed by atoms with Gasteiger partial charge in [-0.1, -0.05) is 0 Å². The fourth-order valence-electron chi connectivity index (χ4n) is 2.51. The van der Waals surface area contributed by atoms with Gasteiger partial charge in [0.15, 0.2) is 0 Å². The van der Waals surface area contributed by atoms with E-state index in [0.717, 1.165) is 28.9 Å². The molecule has 1 aliphatic carbocycles. The first-order chi connectivity index (χ1) is 7.58. The van der Waals surface area contributed by atoms with Crippen LogP contribution in [0.25, 0.3) is 0 Å². The Balaban J connectivity index is 1.75. The van der Waals surface area contributed by atoms with Crippen molar-refractivity contribution in [1.82, 2.24) is 4.98 Å². The largest absolute Gasteiger partial charge is 0.386 e. The fourth-order valence-corrected chi connectivity index (χ4v) is 2.95. The van der Waals surface area contributed by atoms with Crippen LogP contribution in [0.5, 0.6) is 0 Å². The summed E-state index contributed by atoms with van der Waals surface area (Å²) >= 11 is 3.41. The number of nitrogens with zero attached hydrogens (tertiary/aromatic N) is 2. The minimum Gasteiger partial charge on any atom is -0.386 e. The van der Waals surface area contributed by atoms with Gasteiger partial charge in [-0.2, -0.15) is 0 Å². The van der Waals surface area contributed by atoms with Crippen molar-refractivity contribution in [2.24, 2.45) is 5.92 Å². The van der Waals surface area contributed by atoms with Crippen LogP contribution < -0.4 is 4.90 Å². The van der Waals surface area contributed by atoms with Gasteiger partial charge < -0.3 is 10.0 Å². The van der Waals surface area contributed by atoms with Crippen molar-refractivity contribution in [3.63, 3.8) is 0 Å². The average Bonchev–Trinajstić information content (AvgIpc) is 2.97. The van der Waals surface area contributed by atoms with Crippen molar-refractivity contribution in [2.45, 2.75) is 25.4 Å². The second kappa shape index (κ2) is 3.44. The van der Waals surface area contributed by atoms with Gasteiger partial charge in [0.25, 0.3) is 0 Å². The van der Waals surface area contributed by atoms with Gasteiger partial charge >= 0.3 is 0 Å². The number of hydrogen-bond donors (Lipinski definition) is 1. The molecule has 3 nitrogen and oxygen atoms in total. The zero-order chi connectivity index (χ0) is 11.3. The minimum absolute atomic E-state index is 0.429. The molecule has 3 rings (SSSR count). The van der Waals surface area contributed by atoms with E-state index in [1.807, 2.05) is 6.20 Å². The van der Waals surface area contributed by atoms with Crippen molar-refractivity contribution in [1.29, 1.82) is 0 Å². The molecule has 0 atom stereocenters. The molecule has 1 aromatic heterocycles. The third kappa shape index (κ3) is 1.64. The van der Waals surface area contributed by atoms with Crippen LogP contribution >= 0.6 is 15.9 Å². The number of hydrogen-bond acceptors (Lipinski definition) is 3. The lowest BCUT2D eigenvalue weighted by atomic mass is 9.88. The summed E-state index contributed by atoms with van der Waals surface area (Å²) in [7, 11) is 0. The maximum absolute atomic E-state index is 10.2. The molecule has 16 heavy (non-hydrogen) atoms. The zero-order valence-corrected chi connectivity index (χ0v) is 10.9. The lowest BCUT2D eigenvalue weighted by molar-refractivity contribution is -0.00979. The molecule has 0 radical (unpaired) electrons. The molecule has 0 aromatic carbocycles. The summed E-state index contributed by atoms with van der Waals surface area (Å²) in [6, 6.07) is 2.07. The number of aliphatic hydroxyl groups is 1. The Morgan fingerprint density at radius 1 is 1.50 bits per heavy atom. The molecule has 1 aromatic rings. The Kier molecular flexibility index (Phi) is 2.27. The van der Waals surface area contributed by atoms with E-state index in [0.29, 0.717) is 5.92 Å². The van der Waals surface area contributed by atoms with Crippen molar-refractivity contribution in [3.05, 3.63) is 22.3 Å². The quantitative estimate of drug-likeness (QED) is 0.903. The second-order valence-corrected chi connectivity index (χ2v) is 5.94. The summed E-state index contributed by atoms with van der Waals surface area (Å²) in [4.78, 5) is 6.58. The number of pyridine rings is 1. The highest BCUT2D eigenvalue weighted by molar-refractivity contribution is 9.10. The number of aryl methyl sites for hydroxylation is 1. The van der Waals surface area contributed by atoms with Crippen LogP contribution in [0, 0.1) is 12.8 Å². The standard InChI is InChI=1S/C12H15BrN2O/c1-8-4-10(13)5-14-11(8)15-6-12(16,7-15)9-2-3-9/h4-5,9,16H,2-3,6-7H2,1H3. The first kappa shape index (κ1) is 10.5. The molecule has 4 heteroatoms. The smallest absolute Gasteiger partial charge is 0.131 e. The molecule has 2 aliphatic rings. The predicted octanol–water partition coefficient (Wildman–Crippen LogP) is 2.11. The molecule has 0 unspecified atom stereocenters. The van der Waals surface area contributed by atoms with E-state index in [4.69, 9.17) is 0 Å². The van der Waals surface area contributed by atoms with E-state index in [9.17, 15) is 5.11 Å². The monoisotopic (exact) mass is 282 g/mol. The third-order valence-electron chi connectivity index (χ3n) is 3.58. The third-order valence-corrected chi connectivity index (χ3v) is 4.02. The van der Waals surface area contributed by atoms with E-state index in [2.05, 4.69) is 38.8 Å². The molecule has 0 spiro atoms. The lowest BCUT2D eigenvalue weighted by Crippen LogP contribution is -2.63. The Labute approximate surface area is 104 Å². The summed E-state index contributed by atoms with van der Waals surface area (Å²) in [5, 5.41) is 10.2. The Bertz CT molecular complexity index is 425. The van der Waals surface area contributed by atoms with Crippen molar-refractivity contribution in [2.75, 3.05) is 18.0 Å². The molecule has 0 amide bonds. The normalized spacial score (nSPS) is 23.1. The van der Waals surface area contributed by atoms with Gasteiger partial charge in [-0.3, -0.25) is 0 Å². The molecular weight excluding hydrogens is 268 g/mol. The lowest BCUT2D eigenvalue weighted by Gasteiger charge is -2.48. The number of rotatable bonds is 2. The molecule has 2 fully saturated rings. The van der Waals surface area contributed by atoms with Crippen LogP contribution in [0.1, 0.15) is 18.4 Å². The van der Waals surface area contributed by atoms with Crippen LogP contribution in [-0.4, -0.2) is 28.8 Å². The summed E-state index contributed by atoms with van der Waals surface area (Å²) in [5.41, 5.74) is 0.730. The van der Waals surface area contributed by atoms with Crippen LogP contribution in [0.15, 0.2) is 16.7 Å². The molecule has 1 N–H and O–H groups in total. The molecule has 1 aliphatic heterocycles. The van der Waals surface area contributed by atoms with Gasteiger partial charge in [0.05, 0.1) is 13.1 Å². The first-order valence-electron chi connectivity index (χ1n) is 5.68. The van der Waals surface area contributed by atoms with Crippen LogP contribution in [0.3, 0.4) is 0 Å². The van der Waals surface area contributed by atoms with Crippen molar-refractivity contribution in [3.8, 4) is 0 Å². The predicted molar refractivity (Wildman–Crippen MR) is 66.6 cm³/mol. The van der Waals surface area contributed by atoms with Crippen LogP contribution in [0.2, 0.25) is 0 Å². The Hall–Kier alpha value is -0.610. The zero-order valence-electron chi connectivity index (χ0n) is 9.28. The molecule has 1 saturated carbocycles. The minimum atomic E-state index is -0.429. The van der Waals surface area contributed by atoms with Gasteiger partial charge in [-0.15, -0.1) is 0 Å². The Morgan fingerprint density at radius 3 is 2.75 bits per heavy atom. The van der Waals surface area contributed by atoms with Crippen molar-refractivity contribution < 1.29 is 5.11 Å². The number of β-amino-alcohol motifs (C(OH)–C–C–N with tert-alkyl or cyclic N) is 1. The summed E-state index contributed by atoms with van der Waals surface area (Å²) in [6.45, 7) is 3.54. The maximum atomic E-state index is 10.2. The fraction of sp³-hybridized carbons (Fsp3) is 0.583. The number of anilines is 1. The SMILES string of the molecule is Cc1cc(Br)cnc1N1CC(O)(C2CC2)C1. The highest BCUT2D eigenvalue weighted by atomic mass is 79.9. The molecule has 2 heterocycles. The molecular formula is C12H15BrN2O. The van der Waals surface area contributed by atoms with Gasteiger partial charge in [0.1, 0.15) is 11.4 Å². The number of aromatic nitrogens is 1. The molecule has 86 valence electrons. The first-order valence-corrected chi connectivity index (χ1v) is 6.47. The van der Waals surface area contributed by atoms with E-state index in [1.165, 1.54) is 12.8 Å².